The molecule has 2 rings (SSSR count). The molecule has 1 unspecified atom stereocenters. The summed E-state index contributed by atoms with van der Waals surface area (Å²) in [4.78, 5) is 12.6. The zero-order valence-electron chi connectivity index (χ0n) is 11.0. The Bertz CT molecular complexity index is 607. The minimum Gasteiger partial charge on any atom is -0.387 e. The molecule has 3 N–H and O–H groups in total. The summed E-state index contributed by atoms with van der Waals surface area (Å²) in [7, 11) is 0. The van der Waals surface area contributed by atoms with Crippen molar-refractivity contribution in [1.82, 2.24) is 10.6 Å². The van der Waals surface area contributed by atoms with Crippen LogP contribution in [0.25, 0.3) is 0 Å². The summed E-state index contributed by atoms with van der Waals surface area (Å²) in [6.07, 6.45) is -0.996. The van der Waals surface area contributed by atoms with Gasteiger partial charge in [-0.3, -0.25) is 0 Å². The van der Waals surface area contributed by atoms with Crippen LogP contribution in [0.1, 0.15) is 16.5 Å². The molecule has 0 saturated heterocycles. The van der Waals surface area contributed by atoms with E-state index in [1.165, 1.54) is 12.1 Å². The van der Waals surface area contributed by atoms with Gasteiger partial charge in [-0.2, -0.15) is 0 Å². The number of hydrogen-bond acceptors (Lipinski definition) is 3. The number of benzene rings is 1. The van der Waals surface area contributed by atoms with Crippen LogP contribution in [0.2, 0.25) is 5.02 Å². The van der Waals surface area contributed by atoms with Gasteiger partial charge in [0.1, 0.15) is 5.82 Å². The zero-order valence-corrected chi connectivity index (χ0v) is 12.5. The quantitative estimate of drug-likeness (QED) is 0.790. The van der Waals surface area contributed by atoms with Crippen molar-refractivity contribution in [1.29, 1.82) is 0 Å². The van der Waals surface area contributed by atoms with E-state index in [1.54, 1.807) is 11.3 Å². The molecule has 0 radical (unpaired) electrons. The molecule has 0 bridgehead atoms. The van der Waals surface area contributed by atoms with Gasteiger partial charge < -0.3 is 15.7 Å². The third-order valence-electron chi connectivity index (χ3n) is 2.79. The lowest BCUT2D eigenvalue weighted by atomic mass is 10.1. The minimum atomic E-state index is -0.996. The number of hydrogen-bond donors (Lipinski definition) is 3. The monoisotopic (exact) mass is 328 g/mol. The van der Waals surface area contributed by atoms with Gasteiger partial charge in [0.05, 0.1) is 17.7 Å². The van der Waals surface area contributed by atoms with Gasteiger partial charge in [0.25, 0.3) is 0 Å². The van der Waals surface area contributed by atoms with Crippen molar-refractivity contribution >= 4 is 29.0 Å². The van der Waals surface area contributed by atoms with Crippen LogP contribution in [-0.4, -0.2) is 17.7 Å². The highest BCUT2D eigenvalue weighted by Crippen LogP contribution is 2.19. The molecule has 1 atom stereocenters. The molecular formula is C14H14ClFN2O2S. The summed E-state index contributed by atoms with van der Waals surface area (Å²) in [5.41, 5.74) is 0.357. The van der Waals surface area contributed by atoms with Crippen LogP contribution in [-0.2, 0) is 6.54 Å². The number of amides is 2. The third kappa shape index (κ3) is 4.70. The molecule has 2 amide bonds. The molecular weight excluding hydrogens is 315 g/mol. The fraction of sp³-hybridized carbons (Fsp3) is 0.214. The van der Waals surface area contributed by atoms with E-state index in [4.69, 9.17) is 11.6 Å². The standard InChI is InChI=1S/C14H14ClFN2O2S/c15-11-4-3-9(6-12(11)16)13(19)8-18-14(20)17-7-10-2-1-5-21-10/h1-6,13,19H,7-8H2,(H2,17,18,20). The van der Waals surface area contributed by atoms with Crippen LogP contribution in [0.4, 0.5) is 9.18 Å². The Labute approximate surface area is 130 Å². The highest BCUT2D eigenvalue weighted by molar-refractivity contribution is 7.09. The molecule has 1 aromatic carbocycles. The lowest BCUT2D eigenvalue weighted by molar-refractivity contribution is 0.172. The number of urea groups is 1. The van der Waals surface area contributed by atoms with Crippen molar-refractivity contribution < 1.29 is 14.3 Å². The number of thiophene rings is 1. The van der Waals surface area contributed by atoms with Crippen LogP contribution >= 0.6 is 22.9 Å². The van der Waals surface area contributed by atoms with Crippen LogP contribution in [0.15, 0.2) is 35.7 Å². The molecule has 0 aliphatic heterocycles. The van der Waals surface area contributed by atoms with E-state index in [0.717, 1.165) is 10.9 Å². The zero-order chi connectivity index (χ0) is 15.2. The first kappa shape index (κ1) is 15.8. The first-order valence-electron chi connectivity index (χ1n) is 6.23. The van der Waals surface area contributed by atoms with Crippen LogP contribution in [0.3, 0.4) is 0 Å². The Morgan fingerprint density at radius 2 is 2.19 bits per heavy atom. The van der Waals surface area contributed by atoms with Gasteiger partial charge in [0, 0.05) is 11.4 Å². The van der Waals surface area contributed by atoms with E-state index in [9.17, 15) is 14.3 Å². The summed E-state index contributed by atoms with van der Waals surface area (Å²) in [5, 5.41) is 17.0. The van der Waals surface area contributed by atoms with Gasteiger partial charge in [-0.1, -0.05) is 23.7 Å². The second-order valence-electron chi connectivity index (χ2n) is 4.33. The maximum atomic E-state index is 13.3. The predicted molar refractivity (Wildman–Crippen MR) is 80.9 cm³/mol. The van der Waals surface area contributed by atoms with E-state index in [2.05, 4.69) is 10.6 Å². The Morgan fingerprint density at radius 3 is 2.86 bits per heavy atom. The van der Waals surface area contributed by atoms with Gasteiger partial charge in [0.2, 0.25) is 0 Å². The Balaban J connectivity index is 1.78. The molecule has 1 aromatic heterocycles. The number of rotatable bonds is 5. The minimum absolute atomic E-state index is 0.00685. The molecule has 0 aliphatic rings. The second kappa shape index (κ2) is 7.40. The van der Waals surface area contributed by atoms with Crippen molar-refractivity contribution in [2.75, 3.05) is 6.54 Å². The lowest BCUT2D eigenvalue weighted by Crippen LogP contribution is -2.37. The van der Waals surface area contributed by atoms with Gasteiger partial charge in [0.15, 0.2) is 0 Å². The fourth-order valence-corrected chi connectivity index (χ4v) is 2.43. The van der Waals surface area contributed by atoms with Crippen LogP contribution < -0.4 is 10.6 Å². The van der Waals surface area contributed by atoms with E-state index in [0.29, 0.717) is 12.1 Å². The van der Waals surface area contributed by atoms with Crippen LogP contribution in [0, 0.1) is 5.82 Å². The van der Waals surface area contributed by atoms with Gasteiger partial charge >= 0.3 is 6.03 Å². The Hall–Kier alpha value is -1.63. The van der Waals surface area contributed by atoms with Crippen molar-refractivity contribution in [2.24, 2.45) is 0 Å². The smallest absolute Gasteiger partial charge is 0.315 e. The number of halogens is 2. The summed E-state index contributed by atoms with van der Waals surface area (Å²) >= 11 is 7.11. The third-order valence-corrected chi connectivity index (χ3v) is 3.97. The summed E-state index contributed by atoms with van der Waals surface area (Å²) < 4.78 is 13.3. The molecule has 1 heterocycles. The molecule has 0 spiro atoms. The molecule has 112 valence electrons. The SMILES string of the molecule is O=C(NCc1cccs1)NCC(O)c1ccc(Cl)c(F)c1. The fourth-order valence-electron chi connectivity index (χ4n) is 1.67. The molecule has 0 fully saturated rings. The molecule has 21 heavy (non-hydrogen) atoms. The number of aliphatic hydroxyl groups excluding tert-OH is 1. The maximum absolute atomic E-state index is 13.3. The lowest BCUT2D eigenvalue weighted by Gasteiger charge is -2.13. The van der Waals surface area contributed by atoms with Crippen molar-refractivity contribution in [3.05, 3.63) is 57.0 Å². The number of nitrogens with one attached hydrogen (secondary N) is 2. The summed E-state index contributed by atoms with van der Waals surface area (Å²) in [5.74, 6) is -0.602. The van der Waals surface area contributed by atoms with E-state index in [-0.39, 0.29) is 11.6 Å². The summed E-state index contributed by atoms with van der Waals surface area (Å²) in [6, 6.07) is 7.46. The molecule has 0 aliphatic carbocycles. The molecule has 2 aromatic rings. The average Bonchev–Trinajstić information content (AvgIpc) is 2.98. The number of aliphatic hydroxyl groups is 1. The van der Waals surface area contributed by atoms with E-state index < -0.39 is 18.0 Å². The second-order valence-corrected chi connectivity index (χ2v) is 5.77. The highest BCUT2D eigenvalue weighted by atomic mass is 35.5. The molecule has 4 nitrogen and oxygen atoms in total. The first-order valence-corrected chi connectivity index (χ1v) is 7.49. The molecule has 0 saturated carbocycles. The number of carbonyl (C=O) groups is 1. The van der Waals surface area contributed by atoms with Crippen molar-refractivity contribution in [3.63, 3.8) is 0 Å². The van der Waals surface area contributed by atoms with Gasteiger partial charge in [-0.25, -0.2) is 9.18 Å². The van der Waals surface area contributed by atoms with E-state index in [1.807, 2.05) is 17.5 Å². The maximum Gasteiger partial charge on any atom is 0.315 e. The Kier molecular flexibility index (Phi) is 5.55. The Morgan fingerprint density at radius 1 is 1.38 bits per heavy atom. The van der Waals surface area contributed by atoms with E-state index >= 15 is 0 Å². The van der Waals surface area contributed by atoms with Crippen LogP contribution in [0.5, 0.6) is 0 Å². The number of carbonyl (C=O) groups excluding carboxylic acids is 1. The summed E-state index contributed by atoms with van der Waals surface area (Å²) in [6.45, 7) is 0.409. The predicted octanol–water partition coefficient (Wildman–Crippen LogP) is 3.07. The van der Waals surface area contributed by atoms with Crippen molar-refractivity contribution in [3.8, 4) is 0 Å². The first-order chi connectivity index (χ1) is 10.1. The highest BCUT2D eigenvalue weighted by Gasteiger charge is 2.11. The van der Waals surface area contributed by atoms with Crippen molar-refractivity contribution in [2.45, 2.75) is 12.6 Å². The average molecular weight is 329 g/mol. The largest absolute Gasteiger partial charge is 0.387 e. The molecule has 7 heteroatoms. The van der Waals surface area contributed by atoms with Gasteiger partial charge in [-0.05, 0) is 29.1 Å². The normalized spacial score (nSPS) is 12.0. The topological polar surface area (TPSA) is 61.4 Å². The van der Waals surface area contributed by atoms with Gasteiger partial charge in [-0.15, -0.1) is 11.3 Å².